The Morgan fingerprint density at radius 1 is 0.871 bits per heavy atom. The van der Waals surface area contributed by atoms with Crippen LogP contribution in [0.2, 0.25) is 0 Å². The Kier molecular flexibility index (Phi) is 3.56. The standard InChI is InChI=1S/C25H19N2O4/c1-25-16-10-4-2-8-14(16)20(15-9-3-5-11-17(15)25)21-22(25)24(29)26(23(21)28)18-12-6-7-13-19(18)27(30)31/h2-13,20-22,30H,1H3/q-1. The fourth-order valence-electron chi connectivity index (χ4n) is 6.20. The van der Waals surface area contributed by atoms with Crippen LogP contribution in [0.15, 0.2) is 72.8 Å². The summed E-state index contributed by atoms with van der Waals surface area (Å²) >= 11 is 0. The summed E-state index contributed by atoms with van der Waals surface area (Å²) in [5.74, 6) is -2.04. The molecule has 1 fully saturated rings. The second-order valence-electron chi connectivity index (χ2n) is 8.63. The van der Waals surface area contributed by atoms with Crippen molar-refractivity contribution in [2.75, 3.05) is 10.1 Å². The molecule has 6 heteroatoms. The van der Waals surface area contributed by atoms with Gasteiger partial charge in [0.25, 0.3) is 0 Å². The molecular formula is C25H19N2O4-. The van der Waals surface area contributed by atoms with Gasteiger partial charge in [0.1, 0.15) is 0 Å². The summed E-state index contributed by atoms with van der Waals surface area (Å²) in [5, 5.41) is 21.0. The molecule has 0 spiro atoms. The molecular weight excluding hydrogens is 392 g/mol. The number of benzene rings is 3. The Morgan fingerprint density at radius 2 is 1.42 bits per heavy atom. The number of anilines is 2. The van der Waals surface area contributed by atoms with E-state index in [2.05, 4.69) is 12.1 Å². The minimum Gasteiger partial charge on any atom is -0.733 e. The third-order valence-corrected chi connectivity index (χ3v) is 7.37. The van der Waals surface area contributed by atoms with Crippen LogP contribution in [0.25, 0.3) is 0 Å². The van der Waals surface area contributed by atoms with Crippen molar-refractivity contribution in [3.8, 4) is 0 Å². The van der Waals surface area contributed by atoms with E-state index in [4.69, 9.17) is 0 Å². The van der Waals surface area contributed by atoms with Gasteiger partial charge in [0.15, 0.2) is 0 Å². The molecule has 4 aliphatic rings. The largest absolute Gasteiger partial charge is 0.733 e. The topological polar surface area (TPSA) is 83.9 Å². The summed E-state index contributed by atoms with van der Waals surface area (Å²) in [6.45, 7) is 2.05. The van der Waals surface area contributed by atoms with Crippen LogP contribution in [-0.4, -0.2) is 17.0 Å². The first-order valence-electron chi connectivity index (χ1n) is 10.3. The highest BCUT2D eigenvalue weighted by molar-refractivity contribution is 6.25. The predicted molar refractivity (Wildman–Crippen MR) is 115 cm³/mol. The quantitative estimate of drug-likeness (QED) is 0.510. The molecule has 7 rings (SSSR count). The number of hydrogen-bond donors (Lipinski definition) is 1. The van der Waals surface area contributed by atoms with Gasteiger partial charge in [-0.15, -0.1) is 0 Å². The normalized spacial score (nSPS) is 27.7. The average molecular weight is 411 g/mol. The molecule has 0 aromatic heterocycles. The zero-order valence-corrected chi connectivity index (χ0v) is 16.7. The Hall–Kier alpha value is -3.48. The molecule has 2 bridgehead atoms. The van der Waals surface area contributed by atoms with Gasteiger partial charge in [-0.2, -0.15) is 0 Å². The summed E-state index contributed by atoms with van der Waals surface area (Å²) in [6.07, 6.45) is 0. The molecule has 2 unspecified atom stereocenters. The van der Waals surface area contributed by atoms with Crippen LogP contribution in [-0.2, 0) is 15.0 Å². The van der Waals surface area contributed by atoms with Gasteiger partial charge < -0.3 is 10.4 Å². The van der Waals surface area contributed by atoms with E-state index in [1.54, 1.807) is 12.1 Å². The molecule has 6 nitrogen and oxygen atoms in total. The van der Waals surface area contributed by atoms with Crippen molar-refractivity contribution in [3.63, 3.8) is 0 Å². The highest BCUT2D eigenvalue weighted by atomic mass is 16.8. The molecule has 1 N–H and O–H groups in total. The Labute approximate surface area is 178 Å². The van der Waals surface area contributed by atoms with E-state index in [-0.39, 0.29) is 34.3 Å². The first-order valence-corrected chi connectivity index (χ1v) is 10.3. The van der Waals surface area contributed by atoms with Crippen LogP contribution in [0.5, 0.6) is 0 Å². The van der Waals surface area contributed by atoms with Gasteiger partial charge in [-0.3, -0.25) is 14.8 Å². The number of nitrogens with zero attached hydrogens (tertiary/aromatic N) is 2. The average Bonchev–Trinajstić information content (AvgIpc) is 3.05. The van der Waals surface area contributed by atoms with Crippen molar-refractivity contribution in [1.82, 2.24) is 0 Å². The van der Waals surface area contributed by atoms with Crippen molar-refractivity contribution in [2.45, 2.75) is 18.3 Å². The molecule has 1 saturated heterocycles. The van der Waals surface area contributed by atoms with E-state index in [9.17, 15) is 20.0 Å². The third-order valence-electron chi connectivity index (χ3n) is 7.37. The van der Waals surface area contributed by atoms with Gasteiger partial charge in [0.05, 0.1) is 23.2 Å². The number of rotatable bonds is 2. The zero-order valence-electron chi connectivity index (χ0n) is 16.7. The lowest BCUT2D eigenvalue weighted by Crippen LogP contribution is -2.51. The fourth-order valence-corrected chi connectivity index (χ4v) is 6.20. The number of hydrogen-bond acceptors (Lipinski definition) is 5. The SMILES string of the molecule is CC12c3ccccc3C(c3ccccc31)C1C(=O)N(c3ccccc3N([O-])O)C(=O)C12. The smallest absolute Gasteiger partial charge is 0.239 e. The number of para-hydroxylation sites is 2. The van der Waals surface area contributed by atoms with Crippen molar-refractivity contribution < 1.29 is 14.8 Å². The predicted octanol–water partition coefficient (Wildman–Crippen LogP) is 3.95. The van der Waals surface area contributed by atoms with E-state index < -0.39 is 17.3 Å². The maximum atomic E-state index is 13.8. The van der Waals surface area contributed by atoms with Crippen LogP contribution in [0.4, 0.5) is 11.4 Å². The molecule has 2 atom stereocenters. The van der Waals surface area contributed by atoms with E-state index in [0.717, 1.165) is 27.2 Å². The maximum absolute atomic E-state index is 13.8. The van der Waals surface area contributed by atoms with Crippen molar-refractivity contribution in [3.05, 3.63) is 100 Å². The van der Waals surface area contributed by atoms with Crippen LogP contribution < -0.4 is 10.1 Å². The van der Waals surface area contributed by atoms with Gasteiger partial charge in [-0.05, 0) is 34.4 Å². The van der Waals surface area contributed by atoms with Gasteiger partial charge in [0, 0.05) is 11.3 Å². The molecule has 0 saturated carbocycles. The summed E-state index contributed by atoms with van der Waals surface area (Å²) in [6, 6.07) is 22.2. The lowest BCUT2D eigenvalue weighted by Gasteiger charge is -2.52. The molecule has 1 heterocycles. The fraction of sp³-hybridized carbons (Fsp3) is 0.200. The first kappa shape index (κ1) is 18.3. The number of amides is 2. The second-order valence-corrected chi connectivity index (χ2v) is 8.63. The first-order chi connectivity index (χ1) is 15.0. The summed E-state index contributed by atoms with van der Waals surface area (Å²) in [7, 11) is 0. The van der Waals surface area contributed by atoms with Gasteiger partial charge in [-0.1, -0.05) is 67.6 Å². The van der Waals surface area contributed by atoms with Crippen molar-refractivity contribution >= 4 is 23.2 Å². The molecule has 2 amide bonds. The van der Waals surface area contributed by atoms with Gasteiger partial charge in [-0.25, -0.2) is 4.90 Å². The molecule has 1 aliphatic heterocycles. The second kappa shape index (κ2) is 6.03. The molecule has 31 heavy (non-hydrogen) atoms. The van der Waals surface area contributed by atoms with E-state index >= 15 is 0 Å². The van der Waals surface area contributed by atoms with Crippen LogP contribution in [0, 0.1) is 17.0 Å². The lowest BCUT2D eigenvalue weighted by molar-refractivity contribution is -0.123. The van der Waals surface area contributed by atoms with E-state index in [1.807, 2.05) is 43.3 Å². The number of imide groups is 1. The summed E-state index contributed by atoms with van der Waals surface area (Å²) in [4.78, 5) is 28.7. The summed E-state index contributed by atoms with van der Waals surface area (Å²) in [5.41, 5.74) is 3.62. The van der Waals surface area contributed by atoms with E-state index in [0.29, 0.717) is 0 Å². The molecule has 3 aromatic rings. The minimum atomic E-state index is -0.667. The third kappa shape index (κ3) is 2.08. The van der Waals surface area contributed by atoms with Crippen molar-refractivity contribution in [2.24, 2.45) is 11.8 Å². The molecule has 154 valence electrons. The van der Waals surface area contributed by atoms with Crippen LogP contribution in [0.1, 0.15) is 35.1 Å². The molecule has 3 aromatic carbocycles. The van der Waals surface area contributed by atoms with E-state index in [1.165, 1.54) is 12.1 Å². The van der Waals surface area contributed by atoms with Gasteiger partial charge >= 0.3 is 0 Å². The Balaban J connectivity index is 1.61. The lowest BCUT2D eigenvalue weighted by atomic mass is 9.48. The van der Waals surface area contributed by atoms with Crippen molar-refractivity contribution in [1.29, 1.82) is 0 Å². The highest BCUT2D eigenvalue weighted by Gasteiger charge is 2.66. The number of carbonyl (C=O) groups is 2. The minimum absolute atomic E-state index is 0.112. The Bertz CT molecular complexity index is 1220. The molecule has 3 aliphatic carbocycles. The molecule has 0 radical (unpaired) electrons. The zero-order chi connectivity index (χ0) is 21.5. The van der Waals surface area contributed by atoms with Crippen LogP contribution >= 0.6 is 0 Å². The number of carbonyl (C=O) groups excluding carboxylic acids is 2. The van der Waals surface area contributed by atoms with Crippen LogP contribution in [0.3, 0.4) is 0 Å². The monoisotopic (exact) mass is 411 g/mol. The highest BCUT2D eigenvalue weighted by Crippen LogP contribution is 2.64. The summed E-state index contributed by atoms with van der Waals surface area (Å²) < 4.78 is 0. The Morgan fingerprint density at radius 3 is 2.03 bits per heavy atom. The maximum Gasteiger partial charge on any atom is 0.239 e. The van der Waals surface area contributed by atoms with Gasteiger partial charge in [0.2, 0.25) is 11.8 Å².